The van der Waals surface area contributed by atoms with Gasteiger partial charge in [0.1, 0.15) is 0 Å². The summed E-state index contributed by atoms with van der Waals surface area (Å²) in [4.78, 5) is 16.1. The summed E-state index contributed by atoms with van der Waals surface area (Å²) in [5, 5.41) is 2.81. The number of rotatable bonds is 4. The molecule has 0 aliphatic heterocycles. The number of pyridine rings is 1. The van der Waals surface area contributed by atoms with Gasteiger partial charge in [-0.3, -0.25) is 4.79 Å². The number of nitrogens with zero attached hydrogens (tertiary/aromatic N) is 1. The van der Waals surface area contributed by atoms with Crippen LogP contribution >= 0.6 is 0 Å². The van der Waals surface area contributed by atoms with Crippen LogP contribution in [0.5, 0.6) is 17.4 Å². The Morgan fingerprint density at radius 1 is 1.09 bits per heavy atom. The van der Waals surface area contributed by atoms with Gasteiger partial charge in [0.25, 0.3) is 0 Å². The van der Waals surface area contributed by atoms with Crippen LogP contribution in [0.25, 0.3) is 0 Å². The lowest BCUT2D eigenvalue weighted by Crippen LogP contribution is -2.27. The maximum absolute atomic E-state index is 11.9. The number of nitrogens with one attached hydrogen (secondary N) is 1. The van der Waals surface area contributed by atoms with E-state index in [0.717, 1.165) is 0 Å². The van der Waals surface area contributed by atoms with Gasteiger partial charge in [-0.2, -0.15) is 0 Å². The lowest BCUT2D eigenvalue weighted by Gasteiger charge is -2.17. The molecule has 0 atom stereocenters. The average Bonchev–Trinajstić information content (AvgIpc) is 2.49. The molecule has 1 heterocycles. The standard InChI is InChI=1S/C17H20N2O3/c1-17(2,3)16(20)19-12-9-10-15(18-11-12)22-14-8-6-5-7-13(14)21-4/h5-11H,1-4H3,(H,19,20). The lowest BCUT2D eigenvalue weighted by atomic mass is 9.96. The highest BCUT2D eigenvalue weighted by Crippen LogP contribution is 2.30. The largest absolute Gasteiger partial charge is 0.493 e. The second-order valence-corrected chi connectivity index (χ2v) is 5.84. The van der Waals surface area contributed by atoms with E-state index in [1.165, 1.54) is 0 Å². The van der Waals surface area contributed by atoms with E-state index in [9.17, 15) is 4.79 Å². The van der Waals surface area contributed by atoms with E-state index in [2.05, 4.69) is 10.3 Å². The van der Waals surface area contributed by atoms with Gasteiger partial charge in [0.2, 0.25) is 11.8 Å². The molecule has 0 unspecified atom stereocenters. The van der Waals surface area contributed by atoms with Crippen LogP contribution in [-0.2, 0) is 4.79 Å². The first-order chi connectivity index (χ1) is 10.4. The maximum atomic E-state index is 11.9. The Labute approximate surface area is 130 Å². The van der Waals surface area contributed by atoms with Crippen molar-refractivity contribution < 1.29 is 14.3 Å². The number of benzene rings is 1. The number of anilines is 1. The zero-order valence-corrected chi connectivity index (χ0v) is 13.2. The van der Waals surface area contributed by atoms with Crippen LogP contribution in [0.15, 0.2) is 42.6 Å². The highest BCUT2D eigenvalue weighted by molar-refractivity contribution is 5.94. The molecule has 5 nitrogen and oxygen atoms in total. The zero-order valence-electron chi connectivity index (χ0n) is 13.2. The van der Waals surface area contributed by atoms with Gasteiger partial charge >= 0.3 is 0 Å². The van der Waals surface area contributed by atoms with Crippen LogP contribution in [0.3, 0.4) is 0 Å². The first-order valence-corrected chi connectivity index (χ1v) is 6.98. The Morgan fingerprint density at radius 3 is 2.32 bits per heavy atom. The molecule has 0 aliphatic carbocycles. The summed E-state index contributed by atoms with van der Waals surface area (Å²) < 4.78 is 10.9. The summed E-state index contributed by atoms with van der Waals surface area (Å²) in [5.74, 6) is 1.59. The molecule has 1 aromatic carbocycles. The number of aromatic nitrogens is 1. The molecule has 5 heteroatoms. The first-order valence-electron chi connectivity index (χ1n) is 6.98. The summed E-state index contributed by atoms with van der Waals surface area (Å²) in [6.45, 7) is 5.57. The molecule has 1 aromatic heterocycles. The number of amides is 1. The molecule has 0 radical (unpaired) electrons. The van der Waals surface area contributed by atoms with Crippen molar-refractivity contribution in [2.75, 3.05) is 12.4 Å². The van der Waals surface area contributed by atoms with E-state index in [1.54, 1.807) is 31.5 Å². The van der Waals surface area contributed by atoms with E-state index in [4.69, 9.17) is 9.47 Å². The summed E-state index contributed by atoms with van der Waals surface area (Å²) in [7, 11) is 1.58. The summed E-state index contributed by atoms with van der Waals surface area (Å²) in [6.07, 6.45) is 1.56. The maximum Gasteiger partial charge on any atom is 0.229 e. The molecule has 0 spiro atoms. The third-order valence-corrected chi connectivity index (χ3v) is 2.96. The van der Waals surface area contributed by atoms with Crippen LogP contribution in [0.1, 0.15) is 20.8 Å². The monoisotopic (exact) mass is 300 g/mol. The molecule has 0 saturated heterocycles. The van der Waals surface area contributed by atoms with E-state index in [0.29, 0.717) is 23.1 Å². The number of ether oxygens (including phenoxy) is 2. The van der Waals surface area contributed by atoms with Crippen molar-refractivity contribution in [3.8, 4) is 17.4 Å². The predicted molar refractivity (Wildman–Crippen MR) is 85.4 cm³/mol. The topological polar surface area (TPSA) is 60.5 Å². The van der Waals surface area contributed by atoms with Crippen molar-refractivity contribution in [2.24, 2.45) is 5.41 Å². The lowest BCUT2D eigenvalue weighted by molar-refractivity contribution is -0.123. The van der Waals surface area contributed by atoms with Crippen LogP contribution in [0.2, 0.25) is 0 Å². The van der Waals surface area contributed by atoms with Gasteiger partial charge in [-0.05, 0) is 18.2 Å². The zero-order chi connectivity index (χ0) is 16.2. The Bertz CT molecular complexity index is 646. The molecule has 22 heavy (non-hydrogen) atoms. The van der Waals surface area contributed by atoms with Crippen molar-refractivity contribution in [1.29, 1.82) is 0 Å². The minimum Gasteiger partial charge on any atom is -0.493 e. The van der Waals surface area contributed by atoms with E-state index >= 15 is 0 Å². The van der Waals surface area contributed by atoms with Crippen molar-refractivity contribution in [3.63, 3.8) is 0 Å². The van der Waals surface area contributed by atoms with E-state index in [1.807, 2.05) is 39.0 Å². The van der Waals surface area contributed by atoms with Gasteiger partial charge in [-0.1, -0.05) is 32.9 Å². The first kappa shape index (κ1) is 15.8. The van der Waals surface area contributed by atoms with Crippen LogP contribution in [0.4, 0.5) is 5.69 Å². The second kappa shape index (κ2) is 6.47. The molecular weight excluding hydrogens is 280 g/mol. The molecule has 1 amide bonds. The number of hydrogen-bond acceptors (Lipinski definition) is 4. The fourth-order valence-corrected chi connectivity index (χ4v) is 1.65. The Morgan fingerprint density at radius 2 is 1.77 bits per heavy atom. The minimum atomic E-state index is -0.452. The molecule has 1 N–H and O–H groups in total. The van der Waals surface area contributed by atoms with Gasteiger partial charge in [-0.15, -0.1) is 0 Å². The number of carbonyl (C=O) groups is 1. The van der Waals surface area contributed by atoms with Gasteiger partial charge in [0, 0.05) is 11.5 Å². The van der Waals surface area contributed by atoms with Gasteiger partial charge in [0.15, 0.2) is 11.5 Å². The smallest absolute Gasteiger partial charge is 0.229 e. The van der Waals surface area contributed by atoms with Gasteiger partial charge in [-0.25, -0.2) is 4.98 Å². The second-order valence-electron chi connectivity index (χ2n) is 5.84. The fourth-order valence-electron chi connectivity index (χ4n) is 1.65. The molecule has 0 fully saturated rings. The summed E-state index contributed by atoms with van der Waals surface area (Å²) in [6, 6.07) is 10.8. The minimum absolute atomic E-state index is 0.0623. The third-order valence-electron chi connectivity index (χ3n) is 2.96. The third kappa shape index (κ3) is 3.97. The Kier molecular flexibility index (Phi) is 4.65. The molecule has 0 aliphatic rings. The van der Waals surface area contributed by atoms with Gasteiger partial charge in [0.05, 0.1) is 19.0 Å². The number of para-hydroxylation sites is 2. The summed E-state index contributed by atoms with van der Waals surface area (Å²) >= 11 is 0. The summed E-state index contributed by atoms with van der Waals surface area (Å²) in [5.41, 5.74) is 0.180. The quantitative estimate of drug-likeness (QED) is 0.931. The van der Waals surface area contributed by atoms with Crippen molar-refractivity contribution in [1.82, 2.24) is 4.98 Å². The number of carbonyl (C=O) groups excluding carboxylic acids is 1. The molecular formula is C17H20N2O3. The average molecular weight is 300 g/mol. The number of hydrogen-bond donors (Lipinski definition) is 1. The fraction of sp³-hybridized carbons (Fsp3) is 0.294. The van der Waals surface area contributed by atoms with E-state index < -0.39 is 5.41 Å². The molecule has 2 aromatic rings. The SMILES string of the molecule is COc1ccccc1Oc1ccc(NC(=O)C(C)(C)C)cn1. The van der Waals surface area contributed by atoms with E-state index in [-0.39, 0.29) is 5.91 Å². The van der Waals surface area contributed by atoms with Crippen LogP contribution < -0.4 is 14.8 Å². The molecule has 0 bridgehead atoms. The van der Waals surface area contributed by atoms with Crippen molar-refractivity contribution >= 4 is 11.6 Å². The van der Waals surface area contributed by atoms with Crippen LogP contribution in [-0.4, -0.2) is 18.0 Å². The predicted octanol–water partition coefficient (Wildman–Crippen LogP) is 3.87. The Balaban J connectivity index is 2.08. The Hall–Kier alpha value is -2.56. The highest BCUT2D eigenvalue weighted by Gasteiger charge is 2.21. The molecule has 0 saturated carbocycles. The molecule has 2 rings (SSSR count). The van der Waals surface area contributed by atoms with Crippen LogP contribution in [0, 0.1) is 5.41 Å². The number of methoxy groups -OCH3 is 1. The molecule has 116 valence electrons. The van der Waals surface area contributed by atoms with Crippen molar-refractivity contribution in [2.45, 2.75) is 20.8 Å². The highest BCUT2D eigenvalue weighted by atomic mass is 16.5. The van der Waals surface area contributed by atoms with Crippen molar-refractivity contribution in [3.05, 3.63) is 42.6 Å². The normalized spacial score (nSPS) is 10.9. The van der Waals surface area contributed by atoms with Gasteiger partial charge < -0.3 is 14.8 Å².